The first-order valence-corrected chi connectivity index (χ1v) is 7.28. The third-order valence-corrected chi connectivity index (χ3v) is 3.93. The Morgan fingerprint density at radius 3 is 2.00 bits per heavy atom. The molecule has 106 valence electrons. The number of imide groups is 1. The summed E-state index contributed by atoms with van der Waals surface area (Å²) in [5.41, 5.74) is 0. The molecule has 2 amide bonds. The third-order valence-electron chi connectivity index (χ3n) is 3.93. The molecule has 0 spiro atoms. The van der Waals surface area contributed by atoms with Gasteiger partial charge in [-0.05, 0) is 12.3 Å². The van der Waals surface area contributed by atoms with Crippen LogP contribution in [0.15, 0.2) is 12.2 Å². The minimum absolute atomic E-state index is 0.0301. The lowest BCUT2D eigenvalue weighted by Crippen LogP contribution is -2.35. The Kier molecular flexibility index (Phi) is 4.09. The molecule has 0 aromatic carbocycles. The molecule has 2 fully saturated rings. The van der Waals surface area contributed by atoms with Gasteiger partial charge < -0.3 is 4.74 Å². The number of amides is 2. The monoisotopic (exact) mass is 265 g/mol. The van der Waals surface area contributed by atoms with E-state index in [1.807, 2.05) is 26.0 Å². The van der Waals surface area contributed by atoms with Crippen LogP contribution >= 0.6 is 0 Å². The predicted molar refractivity (Wildman–Crippen MR) is 72.3 cm³/mol. The quantitative estimate of drug-likeness (QED) is 0.579. The maximum Gasteiger partial charge on any atom is 0.236 e. The van der Waals surface area contributed by atoms with E-state index in [2.05, 4.69) is 13.8 Å². The highest BCUT2D eigenvalue weighted by molar-refractivity contribution is 6.06. The Morgan fingerprint density at radius 2 is 1.58 bits per heavy atom. The first-order valence-electron chi connectivity index (χ1n) is 7.28. The van der Waals surface area contributed by atoms with E-state index < -0.39 is 0 Å². The SMILES string of the molecule is CC.CC(C)CCN1C(=O)C2C3C=CC(O3)C2C1=O. The van der Waals surface area contributed by atoms with Crippen LogP contribution in [0.2, 0.25) is 0 Å². The lowest BCUT2D eigenvalue weighted by molar-refractivity contribution is -0.142. The van der Waals surface area contributed by atoms with Gasteiger partial charge in [-0.15, -0.1) is 0 Å². The zero-order valence-electron chi connectivity index (χ0n) is 12.1. The van der Waals surface area contributed by atoms with Gasteiger partial charge in [0.25, 0.3) is 0 Å². The van der Waals surface area contributed by atoms with E-state index in [1.54, 1.807) is 0 Å². The van der Waals surface area contributed by atoms with Crippen molar-refractivity contribution in [2.24, 2.45) is 17.8 Å². The van der Waals surface area contributed by atoms with Crippen molar-refractivity contribution in [1.29, 1.82) is 0 Å². The maximum atomic E-state index is 12.2. The van der Waals surface area contributed by atoms with Crippen LogP contribution in [-0.4, -0.2) is 35.5 Å². The van der Waals surface area contributed by atoms with Crippen LogP contribution in [0.4, 0.5) is 0 Å². The molecule has 4 unspecified atom stereocenters. The van der Waals surface area contributed by atoms with Gasteiger partial charge >= 0.3 is 0 Å². The Morgan fingerprint density at radius 1 is 1.11 bits per heavy atom. The van der Waals surface area contributed by atoms with Crippen LogP contribution in [-0.2, 0) is 14.3 Å². The van der Waals surface area contributed by atoms with E-state index in [9.17, 15) is 9.59 Å². The fraction of sp³-hybridized carbons (Fsp3) is 0.733. The van der Waals surface area contributed by atoms with Crippen LogP contribution in [0, 0.1) is 17.8 Å². The smallest absolute Gasteiger partial charge is 0.236 e. The van der Waals surface area contributed by atoms with Gasteiger partial charge in [-0.3, -0.25) is 14.5 Å². The number of fused-ring (bicyclic) bond motifs is 5. The van der Waals surface area contributed by atoms with Gasteiger partial charge in [0, 0.05) is 6.54 Å². The van der Waals surface area contributed by atoms with E-state index in [1.165, 1.54) is 4.90 Å². The molecule has 3 aliphatic heterocycles. The summed E-state index contributed by atoms with van der Waals surface area (Å²) in [4.78, 5) is 25.8. The Hall–Kier alpha value is -1.16. The molecule has 0 N–H and O–H groups in total. The van der Waals surface area contributed by atoms with Gasteiger partial charge in [0.05, 0.1) is 24.0 Å². The van der Waals surface area contributed by atoms with Crippen LogP contribution in [0.3, 0.4) is 0 Å². The lowest BCUT2D eigenvalue weighted by Gasteiger charge is -2.18. The number of carbonyl (C=O) groups excluding carboxylic acids is 2. The van der Waals surface area contributed by atoms with Crippen molar-refractivity contribution >= 4 is 11.8 Å². The Labute approximate surface area is 114 Å². The molecule has 3 rings (SSSR count). The number of hydrogen-bond donors (Lipinski definition) is 0. The average molecular weight is 265 g/mol. The topological polar surface area (TPSA) is 46.6 Å². The van der Waals surface area contributed by atoms with Crippen LogP contribution < -0.4 is 0 Å². The van der Waals surface area contributed by atoms with Gasteiger partial charge in [0.2, 0.25) is 11.8 Å². The summed E-state index contributed by atoms with van der Waals surface area (Å²) < 4.78 is 5.57. The van der Waals surface area contributed by atoms with E-state index in [0.717, 1.165) is 6.42 Å². The lowest BCUT2D eigenvalue weighted by atomic mass is 9.85. The number of nitrogens with zero attached hydrogens (tertiary/aromatic N) is 1. The molecule has 4 atom stereocenters. The molecule has 3 heterocycles. The highest BCUT2D eigenvalue weighted by Crippen LogP contribution is 2.45. The first kappa shape index (κ1) is 14.3. The molecular formula is C15H23NO3. The molecule has 0 saturated carbocycles. The highest BCUT2D eigenvalue weighted by Gasteiger charge is 2.60. The molecule has 2 saturated heterocycles. The van der Waals surface area contributed by atoms with Gasteiger partial charge in [-0.2, -0.15) is 0 Å². The molecule has 0 aliphatic carbocycles. The summed E-state index contributed by atoms with van der Waals surface area (Å²) in [5.74, 6) is -0.0496. The van der Waals surface area contributed by atoms with Crippen molar-refractivity contribution in [2.75, 3.05) is 6.54 Å². The number of rotatable bonds is 3. The van der Waals surface area contributed by atoms with E-state index in [0.29, 0.717) is 12.5 Å². The average Bonchev–Trinajstić information content (AvgIpc) is 3.05. The summed E-state index contributed by atoms with van der Waals surface area (Å²) in [6.45, 7) is 8.75. The fourth-order valence-corrected chi connectivity index (χ4v) is 2.97. The first-order chi connectivity index (χ1) is 9.09. The molecule has 4 nitrogen and oxygen atoms in total. The summed E-state index contributed by atoms with van der Waals surface area (Å²) in [6, 6.07) is 0. The largest absolute Gasteiger partial charge is 0.365 e. The zero-order valence-corrected chi connectivity index (χ0v) is 12.1. The summed E-state index contributed by atoms with van der Waals surface area (Å²) in [7, 11) is 0. The molecule has 19 heavy (non-hydrogen) atoms. The van der Waals surface area contributed by atoms with Gasteiger partial charge in [0.15, 0.2) is 0 Å². The molecule has 0 radical (unpaired) electrons. The van der Waals surface area contributed by atoms with Gasteiger partial charge in [-0.25, -0.2) is 0 Å². The van der Waals surface area contributed by atoms with E-state index >= 15 is 0 Å². The number of hydrogen-bond acceptors (Lipinski definition) is 3. The van der Waals surface area contributed by atoms with Crippen molar-refractivity contribution in [3.8, 4) is 0 Å². The number of likely N-dealkylation sites (tertiary alicyclic amines) is 1. The van der Waals surface area contributed by atoms with Crippen molar-refractivity contribution in [2.45, 2.75) is 46.3 Å². The molecule has 4 heteroatoms. The van der Waals surface area contributed by atoms with Crippen molar-refractivity contribution < 1.29 is 14.3 Å². The molecular weight excluding hydrogens is 242 g/mol. The van der Waals surface area contributed by atoms with Gasteiger partial charge in [0.1, 0.15) is 0 Å². The minimum atomic E-state index is -0.246. The van der Waals surface area contributed by atoms with Gasteiger partial charge in [-0.1, -0.05) is 39.8 Å². The molecule has 2 bridgehead atoms. The van der Waals surface area contributed by atoms with Crippen LogP contribution in [0.1, 0.15) is 34.1 Å². The van der Waals surface area contributed by atoms with Crippen molar-refractivity contribution in [3.63, 3.8) is 0 Å². The maximum absolute atomic E-state index is 12.2. The van der Waals surface area contributed by atoms with Crippen LogP contribution in [0.5, 0.6) is 0 Å². The Bertz CT molecular complexity index is 372. The highest BCUT2D eigenvalue weighted by atomic mass is 16.5. The third kappa shape index (κ3) is 2.22. The zero-order chi connectivity index (χ0) is 14.2. The standard InChI is InChI=1S/C13H17NO3.C2H6/c1-7(2)5-6-14-12(15)10-8-3-4-9(17-8)11(10)13(14)16;1-2/h3-4,7-11H,5-6H2,1-2H3;1-2H3. The summed E-state index contributed by atoms with van der Waals surface area (Å²) in [6.07, 6.45) is 4.39. The normalized spacial score (nSPS) is 34.9. The van der Waals surface area contributed by atoms with Crippen molar-refractivity contribution in [3.05, 3.63) is 12.2 Å². The number of carbonyl (C=O) groups is 2. The molecule has 3 aliphatic rings. The van der Waals surface area contributed by atoms with Crippen LogP contribution in [0.25, 0.3) is 0 Å². The second-order valence-corrected chi connectivity index (χ2v) is 5.51. The predicted octanol–water partition coefficient (Wildman–Crippen LogP) is 2.00. The second-order valence-electron chi connectivity index (χ2n) is 5.51. The fourth-order valence-electron chi connectivity index (χ4n) is 2.97. The van der Waals surface area contributed by atoms with E-state index in [-0.39, 0.29) is 35.9 Å². The van der Waals surface area contributed by atoms with E-state index in [4.69, 9.17) is 4.74 Å². The van der Waals surface area contributed by atoms with Crippen molar-refractivity contribution in [1.82, 2.24) is 4.90 Å². The summed E-state index contributed by atoms with van der Waals surface area (Å²) >= 11 is 0. The molecule has 0 aromatic heterocycles. The minimum Gasteiger partial charge on any atom is -0.365 e. The number of ether oxygens (including phenoxy) is 1. The molecule has 0 aromatic rings. The second kappa shape index (κ2) is 5.45. The summed E-state index contributed by atoms with van der Waals surface area (Å²) in [5, 5.41) is 0. The Balaban J connectivity index is 0.000000637.